The molecule has 1 rings (SSSR count). The fraction of sp³-hybridized carbons (Fsp3) is 0.625. The summed E-state index contributed by atoms with van der Waals surface area (Å²) in [7, 11) is 2.55. The Balaban J connectivity index is 2.77. The van der Waals surface area contributed by atoms with Crippen molar-refractivity contribution in [2.24, 2.45) is 5.92 Å². The minimum Gasteiger partial charge on any atom is -0.258 e. The Hall–Kier alpha value is -0.360. The molecule has 0 saturated heterocycles. The highest BCUT2D eigenvalue weighted by Gasteiger charge is 2.04. The van der Waals surface area contributed by atoms with Gasteiger partial charge in [-0.25, -0.2) is 0 Å². The van der Waals surface area contributed by atoms with Crippen LogP contribution in [0, 0.1) is 12.8 Å². The Morgan fingerprint density at radius 3 is 2.64 bits per heavy atom. The molecular formula is C8H15N2P. The molecule has 2 nitrogen and oxygen atoms in total. The van der Waals surface area contributed by atoms with Gasteiger partial charge in [0.2, 0.25) is 0 Å². The first-order valence-electron chi connectivity index (χ1n) is 3.90. The molecule has 0 bridgehead atoms. The maximum absolute atomic E-state index is 4.33. The summed E-state index contributed by atoms with van der Waals surface area (Å²) in [6.45, 7) is 6.52. The maximum Gasteiger partial charge on any atom is 0.0659 e. The fourth-order valence-electron chi connectivity index (χ4n) is 1.11. The van der Waals surface area contributed by atoms with Crippen molar-refractivity contribution in [2.45, 2.75) is 27.2 Å². The van der Waals surface area contributed by atoms with Crippen LogP contribution < -0.4 is 0 Å². The van der Waals surface area contributed by atoms with Gasteiger partial charge in [0.05, 0.1) is 5.69 Å². The Morgan fingerprint density at radius 2 is 2.27 bits per heavy atom. The molecule has 0 saturated carbocycles. The summed E-state index contributed by atoms with van der Waals surface area (Å²) < 4.78 is 1.80. The largest absolute Gasteiger partial charge is 0.258 e. The zero-order chi connectivity index (χ0) is 8.43. The lowest BCUT2D eigenvalue weighted by Gasteiger charge is -2.00. The van der Waals surface area contributed by atoms with Crippen molar-refractivity contribution in [1.82, 2.24) is 9.55 Å². The highest BCUT2D eigenvalue weighted by atomic mass is 31.0. The van der Waals surface area contributed by atoms with Crippen LogP contribution in [-0.2, 0) is 6.42 Å². The highest BCUT2D eigenvalue weighted by molar-refractivity contribution is 7.14. The Kier molecular flexibility index (Phi) is 2.67. The lowest BCUT2D eigenvalue weighted by atomic mass is 10.1. The third-order valence-electron chi connectivity index (χ3n) is 1.62. The molecule has 3 heteroatoms. The third-order valence-corrected chi connectivity index (χ3v) is 1.88. The molecule has 1 heterocycles. The van der Waals surface area contributed by atoms with Crippen LogP contribution in [0.2, 0.25) is 0 Å². The zero-order valence-electron chi connectivity index (χ0n) is 7.33. The van der Waals surface area contributed by atoms with E-state index in [4.69, 9.17) is 0 Å². The molecule has 1 atom stereocenters. The average Bonchev–Trinajstić information content (AvgIpc) is 2.09. The molecule has 1 aromatic heterocycles. The molecule has 0 aliphatic carbocycles. The second kappa shape index (κ2) is 3.36. The molecule has 0 spiro atoms. The summed E-state index contributed by atoms with van der Waals surface area (Å²) in [5.74, 6) is 0.689. The van der Waals surface area contributed by atoms with Crippen molar-refractivity contribution in [3.63, 3.8) is 0 Å². The van der Waals surface area contributed by atoms with Gasteiger partial charge in [-0.2, -0.15) is 5.10 Å². The van der Waals surface area contributed by atoms with Crippen LogP contribution in [0.4, 0.5) is 0 Å². The molecule has 0 radical (unpaired) electrons. The van der Waals surface area contributed by atoms with Crippen molar-refractivity contribution in [2.75, 3.05) is 0 Å². The molecule has 1 unspecified atom stereocenters. The number of hydrogen-bond donors (Lipinski definition) is 0. The van der Waals surface area contributed by atoms with Crippen LogP contribution in [0.5, 0.6) is 0 Å². The second-order valence-electron chi connectivity index (χ2n) is 3.34. The van der Waals surface area contributed by atoms with E-state index in [1.165, 1.54) is 11.3 Å². The zero-order valence-corrected chi connectivity index (χ0v) is 8.49. The second-order valence-corrected chi connectivity index (χ2v) is 3.87. The first-order chi connectivity index (χ1) is 5.09. The molecule has 1 aromatic rings. The van der Waals surface area contributed by atoms with E-state index in [9.17, 15) is 0 Å². The van der Waals surface area contributed by atoms with Gasteiger partial charge >= 0.3 is 0 Å². The molecule has 62 valence electrons. The van der Waals surface area contributed by atoms with Gasteiger partial charge in [0.15, 0.2) is 0 Å². The van der Waals surface area contributed by atoms with E-state index >= 15 is 0 Å². The molecule has 0 N–H and O–H groups in total. The van der Waals surface area contributed by atoms with Crippen LogP contribution >= 0.6 is 9.39 Å². The van der Waals surface area contributed by atoms with Gasteiger partial charge in [-0.3, -0.25) is 4.45 Å². The number of rotatable bonds is 2. The number of hydrogen-bond acceptors (Lipinski definition) is 1. The quantitative estimate of drug-likeness (QED) is 0.621. The van der Waals surface area contributed by atoms with Crippen LogP contribution in [0.25, 0.3) is 0 Å². The van der Waals surface area contributed by atoms with Crippen LogP contribution in [0.3, 0.4) is 0 Å². The Morgan fingerprint density at radius 1 is 1.64 bits per heavy atom. The molecule has 0 aromatic carbocycles. The van der Waals surface area contributed by atoms with E-state index in [1.807, 2.05) is 6.20 Å². The molecule has 11 heavy (non-hydrogen) atoms. The predicted molar refractivity (Wildman–Crippen MR) is 50.6 cm³/mol. The summed E-state index contributed by atoms with van der Waals surface area (Å²) in [4.78, 5) is 0. The van der Waals surface area contributed by atoms with Crippen molar-refractivity contribution in [3.8, 4) is 0 Å². The maximum atomic E-state index is 4.33. The fourth-order valence-corrected chi connectivity index (χ4v) is 1.47. The Labute approximate surface area is 70.2 Å². The van der Waals surface area contributed by atoms with Gasteiger partial charge in [-0.1, -0.05) is 13.8 Å². The van der Waals surface area contributed by atoms with E-state index in [-0.39, 0.29) is 0 Å². The van der Waals surface area contributed by atoms with E-state index in [0.717, 1.165) is 6.42 Å². The van der Waals surface area contributed by atoms with Crippen LogP contribution in [0.1, 0.15) is 25.1 Å². The summed E-state index contributed by atoms with van der Waals surface area (Å²) in [6, 6.07) is 0. The lowest BCUT2D eigenvalue weighted by Crippen LogP contribution is -1.96. The van der Waals surface area contributed by atoms with Gasteiger partial charge in [0, 0.05) is 6.20 Å². The minimum absolute atomic E-state index is 0.689. The van der Waals surface area contributed by atoms with Crippen molar-refractivity contribution >= 4 is 9.39 Å². The van der Waals surface area contributed by atoms with E-state index in [0.29, 0.717) is 5.92 Å². The summed E-state index contributed by atoms with van der Waals surface area (Å²) in [6.07, 6.45) is 3.11. The minimum atomic E-state index is 0.689. The summed E-state index contributed by atoms with van der Waals surface area (Å²) in [5.41, 5.74) is 2.50. The van der Waals surface area contributed by atoms with Gasteiger partial charge in [0.1, 0.15) is 0 Å². The summed E-state index contributed by atoms with van der Waals surface area (Å²) in [5, 5.41) is 4.33. The normalized spacial score (nSPS) is 11.0. The van der Waals surface area contributed by atoms with Crippen LogP contribution in [-0.4, -0.2) is 9.55 Å². The molecule has 0 fully saturated rings. The first kappa shape index (κ1) is 8.73. The van der Waals surface area contributed by atoms with E-state index < -0.39 is 0 Å². The number of aromatic nitrogens is 2. The van der Waals surface area contributed by atoms with Crippen molar-refractivity contribution in [1.29, 1.82) is 0 Å². The van der Waals surface area contributed by atoms with Gasteiger partial charge in [0.25, 0.3) is 0 Å². The SMILES string of the molecule is Cc1cn(P)nc1CC(C)C. The monoisotopic (exact) mass is 170 g/mol. The average molecular weight is 170 g/mol. The van der Waals surface area contributed by atoms with E-state index in [2.05, 4.69) is 35.3 Å². The molecular weight excluding hydrogens is 155 g/mol. The Bertz CT molecular complexity index is 240. The number of aryl methyl sites for hydroxylation is 1. The van der Waals surface area contributed by atoms with Crippen molar-refractivity contribution < 1.29 is 0 Å². The highest BCUT2D eigenvalue weighted by Crippen LogP contribution is 2.11. The molecule has 0 amide bonds. The third kappa shape index (κ3) is 2.30. The summed E-state index contributed by atoms with van der Waals surface area (Å²) >= 11 is 0. The number of nitrogens with zero attached hydrogens (tertiary/aromatic N) is 2. The molecule has 0 aliphatic heterocycles. The van der Waals surface area contributed by atoms with Gasteiger partial charge < -0.3 is 0 Å². The van der Waals surface area contributed by atoms with Crippen LogP contribution in [0.15, 0.2) is 6.20 Å². The van der Waals surface area contributed by atoms with Gasteiger partial charge in [-0.15, -0.1) is 0 Å². The predicted octanol–water partition coefficient (Wildman–Crippen LogP) is 2.03. The van der Waals surface area contributed by atoms with E-state index in [1.54, 1.807) is 4.45 Å². The smallest absolute Gasteiger partial charge is 0.0659 e. The topological polar surface area (TPSA) is 17.8 Å². The standard InChI is InChI=1S/C8H15N2P/c1-6(2)4-8-7(3)5-10(11)9-8/h5-6H,4,11H2,1-3H3. The van der Waals surface area contributed by atoms with Gasteiger partial charge in [-0.05, 0) is 34.2 Å². The first-order valence-corrected chi connectivity index (χ1v) is 4.41. The van der Waals surface area contributed by atoms with Crippen molar-refractivity contribution in [3.05, 3.63) is 17.5 Å². The molecule has 0 aliphatic rings. The lowest BCUT2D eigenvalue weighted by molar-refractivity contribution is 0.630.